The summed E-state index contributed by atoms with van der Waals surface area (Å²) in [5, 5.41) is 7.26. The molecule has 0 aromatic heterocycles. The van der Waals surface area contributed by atoms with Crippen LogP contribution in [0.15, 0.2) is 28.7 Å². The fourth-order valence-electron chi connectivity index (χ4n) is 2.80. The van der Waals surface area contributed by atoms with Crippen LogP contribution >= 0.6 is 15.9 Å². The van der Waals surface area contributed by atoms with E-state index in [1.54, 1.807) is 0 Å². The minimum absolute atomic E-state index is 0.386. The minimum atomic E-state index is 0.386. The maximum atomic E-state index is 3.69. The summed E-state index contributed by atoms with van der Waals surface area (Å²) >= 11 is 3.62. The molecule has 2 rings (SSSR count). The Morgan fingerprint density at radius 3 is 2.83 bits per heavy atom. The van der Waals surface area contributed by atoms with Crippen molar-refractivity contribution in [1.82, 2.24) is 10.6 Å². The van der Waals surface area contributed by atoms with E-state index in [0.29, 0.717) is 18.1 Å². The first-order valence-electron chi connectivity index (χ1n) is 6.90. The predicted octanol–water partition coefficient (Wildman–Crippen LogP) is 3.63. The van der Waals surface area contributed by atoms with E-state index in [1.165, 1.54) is 35.8 Å². The van der Waals surface area contributed by atoms with Crippen LogP contribution in [0.5, 0.6) is 0 Å². The molecule has 3 heteroatoms. The molecule has 0 radical (unpaired) electrons. The van der Waals surface area contributed by atoms with Gasteiger partial charge in [-0.2, -0.15) is 0 Å². The average Bonchev–Trinajstić information content (AvgIpc) is 2.82. The van der Waals surface area contributed by atoms with Gasteiger partial charge in [0.15, 0.2) is 0 Å². The zero-order chi connectivity index (χ0) is 13.0. The Morgan fingerprint density at radius 2 is 2.17 bits per heavy atom. The van der Waals surface area contributed by atoms with E-state index < -0.39 is 0 Å². The summed E-state index contributed by atoms with van der Waals surface area (Å²) in [6.07, 6.45) is 3.88. The fourth-order valence-corrected chi connectivity index (χ4v) is 3.42. The van der Waals surface area contributed by atoms with E-state index in [2.05, 4.69) is 64.7 Å². The van der Waals surface area contributed by atoms with Crippen molar-refractivity contribution in [2.45, 2.75) is 51.2 Å². The van der Waals surface area contributed by atoms with Gasteiger partial charge in [0.25, 0.3) is 0 Å². The molecule has 1 aromatic carbocycles. The molecule has 0 aliphatic carbocycles. The van der Waals surface area contributed by atoms with Crippen molar-refractivity contribution >= 4 is 15.9 Å². The van der Waals surface area contributed by atoms with E-state index in [0.717, 1.165) is 0 Å². The first-order chi connectivity index (χ1) is 8.66. The third-order valence-corrected chi connectivity index (χ3v) is 4.43. The topological polar surface area (TPSA) is 24.1 Å². The van der Waals surface area contributed by atoms with E-state index >= 15 is 0 Å². The second-order valence-electron chi connectivity index (χ2n) is 5.34. The molecule has 3 unspecified atom stereocenters. The molecule has 0 spiro atoms. The molecular weight excluding hydrogens is 288 g/mol. The summed E-state index contributed by atoms with van der Waals surface area (Å²) in [4.78, 5) is 0. The summed E-state index contributed by atoms with van der Waals surface area (Å²) in [7, 11) is 0. The highest BCUT2D eigenvalue weighted by Gasteiger charge is 2.18. The summed E-state index contributed by atoms with van der Waals surface area (Å²) < 4.78 is 1.19. The van der Waals surface area contributed by atoms with Crippen molar-refractivity contribution in [2.75, 3.05) is 6.54 Å². The molecule has 0 bridgehead atoms. The van der Waals surface area contributed by atoms with Gasteiger partial charge in [-0.15, -0.1) is 0 Å². The molecule has 1 aliphatic heterocycles. The Hall–Kier alpha value is -0.380. The maximum absolute atomic E-state index is 3.69. The van der Waals surface area contributed by atoms with Crippen molar-refractivity contribution < 1.29 is 0 Å². The number of benzene rings is 1. The lowest BCUT2D eigenvalue weighted by atomic mass is 10.0. The number of halogens is 1. The van der Waals surface area contributed by atoms with Gasteiger partial charge in [0.2, 0.25) is 0 Å². The third kappa shape index (κ3) is 3.81. The predicted molar refractivity (Wildman–Crippen MR) is 80.8 cm³/mol. The number of nitrogens with one attached hydrogen (secondary N) is 2. The van der Waals surface area contributed by atoms with Crippen LogP contribution in [-0.2, 0) is 0 Å². The zero-order valence-electron chi connectivity index (χ0n) is 11.2. The largest absolute Gasteiger partial charge is 0.314 e. The number of hydrogen-bond donors (Lipinski definition) is 2. The Morgan fingerprint density at radius 1 is 1.39 bits per heavy atom. The van der Waals surface area contributed by atoms with Gasteiger partial charge in [-0.05, 0) is 51.3 Å². The van der Waals surface area contributed by atoms with Crippen LogP contribution in [-0.4, -0.2) is 18.6 Å². The normalized spacial score (nSPS) is 22.9. The molecule has 2 nitrogen and oxygen atoms in total. The number of rotatable bonds is 5. The Labute approximate surface area is 119 Å². The average molecular weight is 311 g/mol. The SMILES string of the molecule is CC(CC1CCCN1)NC(C)c1ccccc1Br. The van der Waals surface area contributed by atoms with Gasteiger partial charge in [-0.1, -0.05) is 34.1 Å². The lowest BCUT2D eigenvalue weighted by Crippen LogP contribution is -2.35. The molecule has 1 fully saturated rings. The standard InChI is InChI=1S/C15H23BrN2/c1-11(10-13-6-5-9-17-13)18-12(2)14-7-3-4-8-15(14)16/h3-4,7-8,11-13,17-18H,5-6,9-10H2,1-2H3. The van der Waals surface area contributed by atoms with Gasteiger partial charge < -0.3 is 10.6 Å². The highest BCUT2D eigenvalue weighted by atomic mass is 79.9. The Balaban J connectivity index is 1.86. The van der Waals surface area contributed by atoms with Crippen molar-refractivity contribution in [3.63, 3.8) is 0 Å². The van der Waals surface area contributed by atoms with Crippen LogP contribution in [0.2, 0.25) is 0 Å². The summed E-state index contributed by atoms with van der Waals surface area (Å²) in [6.45, 7) is 5.71. The smallest absolute Gasteiger partial charge is 0.0305 e. The van der Waals surface area contributed by atoms with Gasteiger partial charge in [-0.3, -0.25) is 0 Å². The van der Waals surface area contributed by atoms with E-state index in [9.17, 15) is 0 Å². The van der Waals surface area contributed by atoms with Gasteiger partial charge in [0, 0.05) is 22.6 Å². The quantitative estimate of drug-likeness (QED) is 0.868. The van der Waals surface area contributed by atoms with Crippen LogP contribution in [0.3, 0.4) is 0 Å². The molecule has 1 aromatic rings. The van der Waals surface area contributed by atoms with E-state index in [4.69, 9.17) is 0 Å². The first kappa shape index (κ1) is 14.0. The third-order valence-electron chi connectivity index (χ3n) is 3.71. The van der Waals surface area contributed by atoms with Crippen molar-refractivity contribution in [3.8, 4) is 0 Å². The highest BCUT2D eigenvalue weighted by Crippen LogP contribution is 2.23. The van der Waals surface area contributed by atoms with Crippen molar-refractivity contribution in [2.24, 2.45) is 0 Å². The van der Waals surface area contributed by atoms with E-state index in [1.807, 2.05) is 0 Å². The van der Waals surface area contributed by atoms with Gasteiger partial charge in [-0.25, -0.2) is 0 Å². The van der Waals surface area contributed by atoms with E-state index in [-0.39, 0.29) is 0 Å². The molecule has 2 N–H and O–H groups in total. The van der Waals surface area contributed by atoms with Crippen LogP contribution in [0.25, 0.3) is 0 Å². The molecular formula is C15H23BrN2. The number of hydrogen-bond acceptors (Lipinski definition) is 2. The molecule has 1 saturated heterocycles. The lowest BCUT2D eigenvalue weighted by molar-refractivity contribution is 0.407. The van der Waals surface area contributed by atoms with Crippen LogP contribution < -0.4 is 10.6 Å². The zero-order valence-corrected chi connectivity index (χ0v) is 12.8. The highest BCUT2D eigenvalue weighted by molar-refractivity contribution is 9.10. The lowest BCUT2D eigenvalue weighted by Gasteiger charge is -2.23. The minimum Gasteiger partial charge on any atom is -0.314 e. The Bertz CT molecular complexity index is 375. The maximum Gasteiger partial charge on any atom is 0.0305 e. The molecule has 1 aliphatic rings. The summed E-state index contributed by atoms with van der Waals surface area (Å²) in [6, 6.07) is 10.1. The molecule has 0 amide bonds. The van der Waals surface area contributed by atoms with Crippen LogP contribution in [0.1, 0.15) is 44.7 Å². The van der Waals surface area contributed by atoms with Gasteiger partial charge in [0.1, 0.15) is 0 Å². The van der Waals surface area contributed by atoms with Crippen molar-refractivity contribution in [3.05, 3.63) is 34.3 Å². The molecule has 0 saturated carbocycles. The summed E-state index contributed by atoms with van der Waals surface area (Å²) in [5.74, 6) is 0. The van der Waals surface area contributed by atoms with Crippen LogP contribution in [0.4, 0.5) is 0 Å². The van der Waals surface area contributed by atoms with Gasteiger partial charge >= 0.3 is 0 Å². The Kier molecular flexibility index (Phi) is 5.22. The molecule has 100 valence electrons. The first-order valence-corrected chi connectivity index (χ1v) is 7.70. The molecule has 18 heavy (non-hydrogen) atoms. The summed E-state index contributed by atoms with van der Waals surface area (Å²) in [5.41, 5.74) is 1.34. The van der Waals surface area contributed by atoms with Crippen molar-refractivity contribution in [1.29, 1.82) is 0 Å². The fraction of sp³-hybridized carbons (Fsp3) is 0.600. The van der Waals surface area contributed by atoms with Crippen LogP contribution in [0, 0.1) is 0 Å². The second-order valence-corrected chi connectivity index (χ2v) is 6.19. The monoisotopic (exact) mass is 310 g/mol. The molecule has 3 atom stereocenters. The second kappa shape index (κ2) is 6.69. The molecule has 1 heterocycles. The van der Waals surface area contributed by atoms with Gasteiger partial charge in [0.05, 0.1) is 0 Å².